The van der Waals surface area contributed by atoms with E-state index < -0.39 is 78.5 Å². The zero-order valence-corrected chi connectivity index (χ0v) is 39.5. The summed E-state index contributed by atoms with van der Waals surface area (Å²) in [6, 6.07) is 9.50. The maximum absolute atomic E-state index is 14.6. The van der Waals surface area contributed by atoms with E-state index in [1.165, 1.54) is 23.5 Å². The highest BCUT2D eigenvalue weighted by Crippen LogP contribution is 2.40. The number of carbonyl (C=O) groups excluding carboxylic acids is 3. The third-order valence-corrected chi connectivity index (χ3v) is 14.3. The number of amides is 1. The number of methoxy groups -OCH3 is 1. The van der Waals surface area contributed by atoms with E-state index in [4.69, 9.17) is 33.2 Å². The van der Waals surface area contributed by atoms with Gasteiger partial charge < -0.3 is 43.6 Å². The molecule has 2 fully saturated rings. The van der Waals surface area contributed by atoms with E-state index in [1.807, 2.05) is 13.8 Å². The van der Waals surface area contributed by atoms with Gasteiger partial charge in [0.05, 0.1) is 56.5 Å². The van der Waals surface area contributed by atoms with E-state index in [2.05, 4.69) is 15.5 Å². The first-order valence-electron chi connectivity index (χ1n) is 21.5. The van der Waals surface area contributed by atoms with Crippen LogP contribution in [0.2, 0.25) is 0 Å². The summed E-state index contributed by atoms with van der Waals surface area (Å²) in [5.41, 5.74) is 0.623. The summed E-state index contributed by atoms with van der Waals surface area (Å²) in [5, 5.41) is 20.4. The van der Waals surface area contributed by atoms with Gasteiger partial charge in [0, 0.05) is 13.1 Å². The van der Waals surface area contributed by atoms with Crippen LogP contribution in [-0.4, -0.2) is 125 Å². The summed E-state index contributed by atoms with van der Waals surface area (Å²) >= 11 is 0. The Hall–Kier alpha value is -3.81. The van der Waals surface area contributed by atoms with Crippen LogP contribution in [0.5, 0.6) is 11.5 Å². The average molecular weight is 927 g/mol. The van der Waals surface area contributed by atoms with Crippen molar-refractivity contribution in [1.29, 1.82) is 0 Å². The third-order valence-electron chi connectivity index (χ3n) is 10.6. The minimum absolute atomic E-state index is 0.0152. The second kappa shape index (κ2) is 23.9. The van der Waals surface area contributed by atoms with E-state index >= 15 is 0 Å². The van der Waals surface area contributed by atoms with Gasteiger partial charge >= 0.3 is 18.0 Å². The molecule has 20 heteroatoms. The number of hydrogen-bond acceptors (Lipinski definition) is 14. The van der Waals surface area contributed by atoms with E-state index in [1.54, 1.807) is 77.9 Å². The van der Waals surface area contributed by atoms with Crippen molar-refractivity contribution in [3.63, 3.8) is 0 Å². The molecule has 0 saturated carbocycles. The van der Waals surface area contributed by atoms with Crippen LogP contribution in [0.25, 0.3) is 0 Å². The van der Waals surface area contributed by atoms with E-state index in [-0.39, 0.29) is 73.6 Å². The quantitative estimate of drug-likeness (QED) is 0.0602. The zero-order valence-electron chi connectivity index (χ0n) is 37.8. The Morgan fingerprint density at radius 1 is 0.857 bits per heavy atom. The summed E-state index contributed by atoms with van der Waals surface area (Å²) in [4.78, 5) is 39.4. The number of rotatable bonds is 25. The highest BCUT2D eigenvalue weighted by molar-refractivity contribution is 7.89. The van der Waals surface area contributed by atoms with Crippen LogP contribution >= 0.6 is 7.44 Å². The first-order chi connectivity index (χ1) is 29.8. The number of aliphatic hydroxyl groups is 1. The summed E-state index contributed by atoms with van der Waals surface area (Å²) in [6.07, 6.45) is -3.02. The monoisotopic (exact) mass is 926 g/mol. The fourth-order valence-electron chi connectivity index (χ4n) is 7.18. The van der Waals surface area contributed by atoms with E-state index in [0.717, 1.165) is 0 Å². The van der Waals surface area contributed by atoms with Gasteiger partial charge in [-0.3, -0.25) is 14.2 Å². The smallest absolute Gasteiger partial charge is 0.407 e. The molecule has 0 aliphatic carbocycles. The van der Waals surface area contributed by atoms with Gasteiger partial charge in [-0.1, -0.05) is 53.7 Å². The molecule has 0 spiro atoms. The zero-order chi connectivity index (χ0) is 46.5. The molecule has 4 N–H and O–H groups in total. The summed E-state index contributed by atoms with van der Waals surface area (Å²) in [5.74, 6) is -1.37. The number of alkyl carbamates (subject to hydrolysis) is 1. The second-order valence-corrected chi connectivity index (χ2v) is 20.9. The average Bonchev–Trinajstić information content (AvgIpc) is 3.86. The summed E-state index contributed by atoms with van der Waals surface area (Å²) < 4.78 is 82.5. The number of sulfonamides is 1. The molecular weight excluding hydrogens is 860 g/mol. The molecule has 2 aliphatic rings. The number of aliphatic hydroxyl groups excluding tert-OH is 1. The van der Waals surface area contributed by atoms with Crippen molar-refractivity contribution in [3.05, 3.63) is 54.1 Å². The number of nitrogens with zero attached hydrogens (tertiary/aromatic N) is 1. The van der Waals surface area contributed by atoms with Crippen molar-refractivity contribution in [1.82, 2.24) is 19.8 Å². The number of carbonyl (C=O) groups is 3. The molecule has 354 valence electrons. The molecule has 0 radical (unpaired) electrons. The molecule has 2 aromatic rings. The molecule has 0 aromatic heterocycles. The molecular formula is C43H67N4O14PS. The molecule has 1 amide bonds. The number of ether oxygens (including phenoxy) is 7. The summed E-state index contributed by atoms with van der Waals surface area (Å²) in [6.45, 7) is 14.7. The van der Waals surface area contributed by atoms with Crippen molar-refractivity contribution in [2.45, 2.75) is 110 Å². The van der Waals surface area contributed by atoms with Gasteiger partial charge in [-0.05, 0) is 86.4 Å². The van der Waals surface area contributed by atoms with Crippen LogP contribution < -0.4 is 25.0 Å². The lowest BCUT2D eigenvalue weighted by molar-refractivity contribution is -0.146. The van der Waals surface area contributed by atoms with Crippen LogP contribution in [-0.2, 0) is 54.3 Å². The van der Waals surface area contributed by atoms with Crippen LogP contribution in [0.4, 0.5) is 4.79 Å². The van der Waals surface area contributed by atoms with E-state index in [9.17, 15) is 32.5 Å². The largest absolute Gasteiger partial charge is 0.497 e. The van der Waals surface area contributed by atoms with Gasteiger partial charge in [0.1, 0.15) is 29.7 Å². The predicted molar refractivity (Wildman–Crippen MR) is 234 cm³/mol. The lowest BCUT2D eigenvalue weighted by Crippen LogP contribution is -2.51. The highest BCUT2D eigenvalue weighted by Gasteiger charge is 2.44. The molecule has 63 heavy (non-hydrogen) atoms. The van der Waals surface area contributed by atoms with Crippen molar-refractivity contribution in [2.24, 2.45) is 23.7 Å². The van der Waals surface area contributed by atoms with Gasteiger partial charge in [0.15, 0.2) is 12.6 Å². The molecule has 2 saturated heterocycles. The SMILES string of the molecule is CCOC(=O)[C@@H](NP(=O)(COc1ccc(C[C@H](NC(=O)O[C@H]2CO[C@H]3OCC[C@H]32)[C@H](O)CN(CC(C)C)S(=O)(=O)c2ccc(OC)cc2)cc1)N[C@H](C(=O)OCC)C(C)C)C(C)C. The van der Waals surface area contributed by atoms with Crippen LogP contribution in [0.3, 0.4) is 0 Å². The van der Waals surface area contributed by atoms with Gasteiger partial charge in [-0.2, -0.15) is 4.31 Å². The van der Waals surface area contributed by atoms with Gasteiger partial charge in [-0.25, -0.2) is 23.4 Å². The lowest BCUT2D eigenvalue weighted by Gasteiger charge is -2.31. The fourth-order valence-corrected chi connectivity index (χ4v) is 11.1. The Morgan fingerprint density at radius 3 is 1.95 bits per heavy atom. The number of fused-ring (bicyclic) bond motifs is 1. The van der Waals surface area contributed by atoms with Crippen molar-refractivity contribution in [2.75, 3.05) is 53.0 Å². The minimum atomic E-state index is -4.10. The molecule has 18 nitrogen and oxygen atoms in total. The standard InChI is InChI=1S/C43H67N4O14PS/c1-10-56-40(49)38(28(5)6)45-62(52,46-39(29(7)8)41(50)57-11-2)26-60-32-14-12-30(13-15-32)22-35(44-43(51)61-37-25-59-42-34(37)20-21-58-42)36(48)24-47(23-27(3)4)63(53,54)33-18-16-31(55-9)17-19-33/h12-19,27-29,34-39,42,48H,10-11,20-26H2,1-9H3,(H,44,51)(H2,45,46,52)/t34-,35-,36+,37-,38-,39-,42+/m0/s1. The number of esters is 2. The molecule has 2 heterocycles. The Bertz CT molecular complexity index is 1900. The highest BCUT2D eigenvalue weighted by atomic mass is 32.2. The second-order valence-electron chi connectivity index (χ2n) is 16.7. The van der Waals surface area contributed by atoms with Gasteiger partial charge in [0.2, 0.25) is 17.5 Å². The molecule has 7 atom stereocenters. The fraction of sp³-hybridized carbons (Fsp3) is 0.651. The minimum Gasteiger partial charge on any atom is -0.497 e. The molecule has 2 aliphatic heterocycles. The normalized spacial score (nSPS) is 19.7. The maximum Gasteiger partial charge on any atom is 0.407 e. The van der Waals surface area contributed by atoms with Gasteiger partial charge in [-0.15, -0.1) is 0 Å². The maximum atomic E-state index is 14.6. The van der Waals surface area contributed by atoms with Crippen molar-refractivity contribution >= 4 is 35.5 Å². The number of benzene rings is 2. The van der Waals surface area contributed by atoms with E-state index in [0.29, 0.717) is 24.3 Å². The lowest BCUT2D eigenvalue weighted by atomic mass is 10.0. The van der Waals surface area contributed by atoms with Crippen molar-refractivity contribution in [3.8, 4) is 11.5 Å². The van der Waals surface area contributed by atoms with Crippen LogP contribution in [0.15, 0.2) is 53.4 Å². The molecule has 0 bridgehead atoms. The number of nitrogens with one attached hydrogen (secondary N) is 3. The summed E-state index contributed by atoms with van der Waals surface area (Å²) in [7, 11) is -6.53. The molecule has 2 aromatic carbocycles. The Morgan fingerprint density at radius 2 is 1.43 bits per heavy atom. The number of hydrogen-bond donors (Lipinski definition) is 4. The Balaban J connectivity index is 1.58. The first-order valence-corrected chi connectivity index (χ1v) is 24.9. The molecule has 0 unspecified atom stereocenters. The Labute approximate surface area is 371 Å². The Kier molecular flexibility index (Phi) is 19.7. The van der Waals surface area contributed by atoms with Crippen LogP contribution in [0.1, 0.15) is 67.4 Å². The molecule has 4 rings (SSSR count). The predicted octanol–water partition coefficient (Wildman–Crippen LogP) is 4.69. The third kappa shape index (κ3) is 14.9. The topological polar surface area (TPSA) is 227 Å². The van der Waals surface area contributed by atoms with Crippen LogP contribution in [0, 0.1) is 23.7 Å². The van der Waals surface area contributed by atoms with Gasteiger partial charge in [0.25, 0.3) is 0 Å². The van der Waals surface area contributed by atoms with Crippen molar-refractivity contribution < 1.29 is 65.6 Å². The first kappa shape index (κ1) is 51.8.